The molecule has 0 aliphatic rings. The predicted octanol–water partition coefficient (Wildman–Crippen LogP) is 5.71. The van der Waals surface area contributed by atoms with Crippen molar-refractivity contribution < 1.29 is 19.4 Å². The summed E-state index contributed by atoms with van der Waals surface area (Å²) in [5.41, 5.74) is 1.84. The molecule has 4 rings (SSSR count). The lowest BCUT2D eigenvalue weighted by Crippen LogP contribution is -2.43. The van der Waals surface area contributed by atoms with E-state index >= 15 is 0 Å². The maximum atomic E-state index is 13.2. The zero-order valence-corrected chi connectivity index (χ0v) is 21.1. The number of carbonyl (C=O) groups excluding carboxylic acids is 2. The normalized spacial score (nSPS) is 11.3. The van der Waals surface area contributed by atoms with E-state index in [1.54, 1.807) is 103 Å². The summed E-state index contributed by atoms with van der Waals surface area (Å²) in [5.74, 6) is -1.17. The second-order valence-electron chi connectivity index (χ2n) is 7.69. The Morgan fingerprint density at radius 3 is 2.08 bits per heavy atom. The van der Waals surface area contributed by atoms with Crippen LogP contribution in [0.2, 0.25) is 5.02 Å². The van der Waals surface area contributed by atoms with Crippen molar-refractivity contribution in [3.05, 3.63) is 135 Å². The van der Waals surface area contributed by atoms with Crippen LogP contribution >= 0.6 is 27.5 Å². The average Bonchev–Trinajstić information content (AvgIpc) is 2.90. The minimum atomic E-state index is -1.98. The number of nitrogens with zero attached hydrogens (tertiary/aromatic N) is 1. The monoisotopic (exact) mass is 562 g/mol. The Kier molecular flexibility index (Phi) is 7.95. The summed E-state index contributed by atoms with van der Waals surface area (Å²) in [7, 11) is 0. The topological polar surface area (TPSA) is 88.0 Å². The molecule has 0 aliphatic carbocycles. The van der Waals surface area contributed by atoms with Gasteiger partial charge in [0.15, 0.2) is 5.60 Å². The van der Waals surface area contributed by atoms with Crippen molar-refractivity contribution in [3.63, 3.8) is 0 Å². The number of ether oxygens (including phenoxy) is 1. The average molecular weight is 564 g/mol. The van der Waals surface area contributed by atoms with Gasteiger partial charge >= 0.3 is 5.97 Å². The molecular weight excluding hydrogens is 544 g/mol. The third-order valence-corrected chi connectivity index (χ3v) is 6.17. The number of benzene rings is 4. The van der Waals surface area contributed by atoms with Crippen molar-refractivity contribution in [2.45, 2.75) is 5.60 Å². The van der Waals surface area contributed by atoms with E-state index in [2.05, 4.69) is 26.5 Å². The third-order valence-electron chi connectivity index (χ3n) is 5.35. The van der Waals surface area contributed by atoms with Gasteiger partial charge in [-0.2, -0.15) is 5.10 Å². The maximum absolute atomic E-state index is 13.2. The van der Waals surface area contributed by atoms with Crippen LogP contribution in [0, 0.1) is 0 Å². The smallest absolute Gasteiger partial charge is 0.345 e. The van der Waals surface area contributed by atoms with Crippen molar-refractivity contribution in [2.75, 3.05) is 0 Å². The predicted molar refractivity (Wildman–Crippen MR) is 142 cm³/mol. The standard InChI is InChI=1S/C28H20BrClN2O4/c29-22-15-16-25(36-26(33)23-13-7-8-14-24(23)30)19(17-22)18-31-32-27(34)28(35,20-9-3-1-4-10-20)21-11-5-2-6-12-21/h1-18,35H,(H,32,34). The maximum Gasteiger partial charge on any atom is 0.345 e. The molecule has 8 heteroatoms. The molecule has 180 valence electrons. The molecule has 4 aromatic carbocycles. The Morgan fingerprint density at radius 1 is 0.889 bits per heavy atom. The van der Waals surface area contributed by atoms with Crippen LogP contribution in [0.15, 0.2) is 113 Å². The van der Waals surface area contributed by atoms with E-state index in [0.717, 1.165) is 0 Å². The molecule has 0 bridgehead atoms. The second kappa shape index (κ2) is 11.3. The van der Waals surface area contributed by atoms with Crippen molar-refractivity contribution in [3.8, 4) is 5.75 Å². The highest BCUT2D eigenvalue weighted by Crippen LogP contribution is 2.30. The van der Waals surface area contributed by atoms with Gasteiger partial charge in [0.1, 0.15) is 5.75 Å². The van der Waals surface area contributed by atoms with Crippen LogP contribution in [0.1, 0.15) is 27.0 Å². The van der Waals surface area contributed by atoms with Gasteiger partial charge in [-0.25, -0.2) is 10.2 Å². The van der Waals surface area contributed by atoms with E-state index in [1.165, 1.54) is 6.21 Å². The Morgan fingerprint density at radius 2 is 1.47 bits per heavy atom. The molecule has 1 amide bonds. The molecule has 0 aliphatic heterocycles. The zero-order chi connectivity index (χ0) is 25.5. The summed E-state index contributed by atoms with van der Waals surface area (Å²) < 4.78 is 6.24. The molecule has 0 saturated heterocycles. The first-order valence-corrected chi connectivity index (χ1v) is 12.0. The molecule has 4 aromatic rings. The Labute approximate surface area is 221 Å². The minimum absolute atomic E-state index is 0.211. The summed E-state index contributed by atoms with van der Waals surface area (Å²) in [6.07, 6.45) is 1.33. The summed E-state index contributed by atoms with van der Waals surface area (Å²) >= 11 is 9.49. The SMILES string of the molecule is O=C(Oc1ccc(Br)cc1C=NNC(=O)C(O)(c1ccccc1)c1ccccc1)c1ccccc1Cl. The number of amides is 1. The van der Waals surface area contributed by atoms with Crippen LogP contribution in [-0.2, 0) is 10.4 Å². The first-order valence-electron chi connectivity index (χ1n) is 10.8. The quantitative estimate of drug-likeness (QED) is 0.131. The van der Waals surface area contributed by atoms with Gasteiger partial charge in [0, 0.05) is 10.0 Å². The first kappa shape index (κ1) is 25.3. The number of hydrogen-bond acceptors (Lipinski definition) is 5. The number of hydrogen-bond donors (Lipinski definition) is 2. The van der Waals surface area contributed by atoms with Gasteiger partial charge in [-0.15, -0.1) is 0 Å². The molecule has 0 radical (unpaired) electrons. The molecule has 0 fully saturated rings. The van der Waals surface area contributed by atoms with Crippen LogP contribution in [0.4, 0.5) is 0 Å². The summed E-state index contributed by atoms with van der Waals surface area (Å²) in [4.78, 5) is 25.9. The fraction of sp³-hybridized carbons (Fsp3) is 0.0357. The van der Waals surface area contributed by atoms with E-state index in [1.807, 2.05) is 0 Å². The highest BCUT2D eigenvalue weighted by atomic mass is 79.9. The van der Waals surface area contributed by atoms with E-state index in [9.17, 15) is 14.7 Å². The van der Waals surface area contributed by atoms with Gasteiger partial charge in [-0.1, -0.05) is 100 Å². The molecule has 0 unspecified atom stereocenters. The number of hydrazone groups is 1. The number of nitrogens with one attached hydrogen (secondary N) is 1. The summed E-state index contributed by atoms with van der Waals surface area (Å²) in [6.45, 7) is 0. The molecule has 0 heterocycles. The van der Waals surface area contributed by atoms with Crippen molar-refractivity contribution >= 4 is 45.6 Å². The van der Waals surface area contributed by atoms with E-state index in [0.29, 0.717) is 21.2 Å². The molecule has 6 nitrogen and oxygen atoms in total. The first-order chi connectivity index (χ1) is 17.4. The van der Waals surface area contributed by atoms with Crippen molar-refractivity contribution in [1.82, 2.24) is 5.43 Å². The van der Waals surface area contributed by atoms with Gasteiger partial charge in [-0.3, -0.25) is 4.79 Å². The van der Waals surface area contributed by atoms with Crippen molar-refractivity contribution in [1.29, 1.82) is 0 Å². The number of rotatable bonds is 7. The fourth-order valence-electron chi connectivity index (χ4n) is 3.52. The van der Waals surface area contributed by atoms with Gasteiger partial charge in [0.2, 0.25) is 0 Å². The van der Waals surface area contributed by atoms with E-state index in [-0.39, 0.29) is 16.3 Å². The number of aliphatic hydroxyl groups is 1. The molecule has 2 N–H and O–H groups in total. The zero-order valence-electron chi connectivity index (χ0n) is 18.8. The van der Waals surface area contributed by atoms with Gasteiger partial charge < -0.3 is 9.84 Å². The number of halogens is 2. The highest BCUT2D eigenvalue weighted by molar-refractivity contribution is 9.10. The van der Waals surface area contributed by atoms with E-state index < -0.39 is 17.5 Å². The van der Waals surface area contributed by atoms with Crippen LogP contribution in [0.25, 0.3) is 0 Å². The van der Waals surface area contributed by atoms with Gasteiger partial charge in [0.25, 0.3) is 5.91 Å². The Hall–Kier alpha value is -3.78. The summed E-state index contributed by atoms with van der Waals surface area (Å²) in [6, 6.07) is 28.7. The number of carbonyl (C=O) groups is 2. The minimum Gasteiger partial charge on any atom is -0.422 e. The van der Waals surface area contributed by atoms with Crippen LogP contribution in [-0.4, -0.2) is 23.2 Å². The molecule has 0 atom stereocenters. The van der Waals surface area contributed by atoms with Crippen molar-refractivity contribution in [2.24, 2.45) is 5.10 Å². The molecule has 0 spiro atoms. The fourth-order valence-corrected chi connectivity index (χ4v) is 4.12. The lowest BCUT2D eigenvalue weighted by Gasteiger charge is -2.27. The molecule has 0 aromatic heterocycles. The Bertz CT molecular complexity index is 1370. The highest BCUT2D eigenvalue weighted by Gasteiger charge is 2.39. The largest absolute Gasteiger partial charge is 0.422 e. The van der Waals surface area contributed by atoms with Crippen LogP contribution < -0.4 is 10.2 Å². The summed E-state index contributed by atoms with van der Waals surface area (Å²) in [5, 5.41) is 15.8. The second-order valence-corrected chi connectivity index (χ2v) is 9.02. The van der Waals surface area contributed by atoms with E-state index in [4.69, 9.17) is 16.3 Å². The van der Waals surface area contributed by atoms with Crippen LogP contribution in [0.3, 0.4) is 0 Å². The van der Waals surface area contributed by atoms with Crippen LogP contribution in [0.5, 0.6) is 5.75 Å². The molecule has 0 saturated carbocycles. The third kappa shape index (κ3) is 5.54. The van der Waals surface area contributed by atoms with Gasteiger partial charge in [-0.05, 0) is 41.5 Å². The molecular formula is C28H20BrClN2O4. The lowest BCUT2D eigenvalue weighted by molar-refractivity contribution is -0.136. The van der Waals surface area contributed by atoms with Gasteiger partial charge in [0.05, 0.1) is 16.8 Å². The molecule has 36 heavy (non-hydrogen) atoms. The number of esters is 1. The Balaban J connectivity index is 1.59. The lowest BCUT2D eigenvalue weighted by atomic mass is 9.85.